The van der Waals surface area contributed by atoms with Crippen molar-refractivity contribution in [2.75, 3.05) is 13.6 Å². The normalized spacial score (nSPS) is 12.4. The summed E-state index contributed by atoms with van der Waals surface area (Å²) in [6.07, 6.45) is 1.37. The van der Waals surface area contributed by atoms with Crippen LogP contribution in [0.2, 0.25) is 0 Å². The maximum absolute atomic E-state index is 12.9. The second kappa shape index (κ2) is 8.35. The van der Waals surface area contributed by atoms with E-state index in [0.717, 1.165) is 17.0 Å². The smallest absolute Gasteiger partial charge is 0.273 e. The first-order valence-electron chi connectivity index (χ1n) is 8.06. The van der Waals surface area contributed by atoms with Crippen molar-refractivity contribution < 1.29 is 9.18 Å². The third-order valence-corrected chi connectivity index (χ3v) is 4.89. The Labute approximate surface area is 146 Å². The van der Waals surface area contributed by atoms with Crippen LogP contribution in [0.3, 0.4) is 0 Å². The molecule has 1 aromatic carbocycles. The van der Waals surface area contributed by atoms with Gasteiger partial charge in [-0.25, -0.2) is 9.37 Å². The van der Waals surface area contributed by atoms with Gasteiger partial charge in [0, 0.05) is 31.4 Å². The van der Waals surface area contributed by atoms with E-state index >= 15 is 0 Å². The summed E-state index contributed by atoms with van der Waals surface area (Å²) in [5.74, 6) is 0.0534. The molecule has 2 aromatic rings. The van der Waals surface area contributed by atoms with Crippen molar-refractivity contribution >= 4 is 17.2 Å². The first-order valence-corrected chi connectivity index (χ1v) is 8.94. The van der Waals surface area contributed by atoms with Crippen LogP contribution in [0.15, 0.2) is 29.6 Å². The summed E-state index contributed by atoms with van der Waals surface area (Å²) in [4.78, 5) is 18.5. The fourth-order valence-corrected chi connectivity index (χ4v) is 3.04. The molecular formula is C18H24FN3OS. The van der Waals surface area contributed by atoms with Gasteiger partial charge in [-0.1, -0.05) is 26.0 Å². The van der Waals surface area contributed by atoms with Crippen molar-refractivity contribution in [1.29, 1.82) is 0 Å². The highest BCUT2D eigenvalue weighted by atomic mass is 32.1. The summed E-state index contributed by atoms with van der Waals surface area (Å²) >= 11 is 1.45. The molecule has 4 nitrogen and oxygen atoms in total. The topological polar surface area (TPSA) is 59.2 Å². The van der Waals surface area contributed by atoms with Crippen LogP contribution in [0, 0.1) is 11.7 Å². The highest BCUT2D eigenvalue weighted by Gasteiger charge is 2.17. The molecule has 1 heterocycles. The molecule has 0 aliphatic heterocycles. The molecule has 0 spiro atoms. The van der Waals surface area contributed by atoms with Gasteiger partial charge in [-0.15, -0.1) is 11.3 Å². The minimum absolute atomic E-state index is 0.0877. The van der Waals surface area contributed by atoms with Gasteiger partial charge in [-0.2, -0.15) is 0 Å². The molecule has 1 unspecified atom stereocenters. The number of hydrogen-bond donors (Lipinski definition) is 1. The van der Waals surface area contributed by atoms with E-state index < -0.39 is 0 Å². The van der Waals surface area contributed by atoms with Gasteiger partial charge in [0.25, 0.3) is 5.91 Å². The van der Waals surface area contributed by atoms with E-state index in [1.165, 1.54) is 23.5 Å². The summed E-state index contributed by atoms with van der Waals surface area (Å²) in [6.45, 7) is 4.77. The Balaban J connectivity index is 1.93. The van der Waals surface area contributed by atoms with E-state index in [1.807, 2.05) is 0 Å². The van der Waals surface area contributed by atoms with Crippen molar-refractivity contribution in [2.45, 2.75) is 32.7 Å². The van der Waals surface area contributed by atoms with Crippen LogP contribution >= 0.6 is 11.3 Å². The number of nitrogens with two attached hydrogens (primary N) is 1. The molecule has 2 rings (SSSR count). The number of benzene rings is 1. The van der Waals surface area contributed by atoms with Crippen LogP contribution in [0.1, 0.15) is 41.3 Å². The number of aromatic nitrogens is 1. The van der Waals surface area contributed by atoms with Crippen LogP contribution in [-0.4, -0.2) is 35.4 Å². The van der Waals surface area contributed by atoms with Crippen molar-refractivity contribution in [2.24, 2.45) is 11.7 Å². The van der Waals surface area contributed by atoms with Gasteiger partial charge in [0.15, 0.2) is 0 Å². The molecule has 0 saturated carbocycles. The summed E-state index contributed by atoms with van der Waals surface area (Å²) in [5, 5.41) is 2.62. The summed E-state index contributed by atoms with van der Waals surface area (Å²) < 4.78 is 12.9. The maximum Gasteiger partial charge on any atom is 0.273 e. The molecule has 6 heteroatoms. The third kappa shape index (κ3) is 5.11. The number of amides is 1. The number of halogens is 1. The number of carbonyl (C=O) groups is 1. The minimum atomic E-state index is -0.255. The van der Waals surface area contributed by atoms with Crippen molar-refractivity contribution in [3.63, 3.8) is 0 Å². The van der Waals surface area contributed by atoms with E-state index in [9.17, 15) is 9.18 Å². The molecule has 2 N–H and O–H groups in total. The Morgan fingerprint density at radius 3 is 2.62 bits per heavy atom. The molecule has 0 bridgehead atoms. The van der Waals surface area contributed by atoms with Crippen LogP contribution < -0.4 is 5.73 Å². The zero-order valence-corrected chi connectivity index (χ0v) is 15.1. The number of carbonyl (C=O) groups excluding carboxylic acids is 1. The highest BCUT2D eigenvalue weighted by molar-refractivity contribution is 7.09. The van der Waals surface area contributed by atoms with Gasteiger partial charge >= 0.3 is 0 Å². The van der Waals surface area contributed by atoms with Gasteiger partial charge in [0.05, 0.1) is 5.01 Å². The van der Waals surface area contributed by atoms with Crippen LogP contribution in [-0.2, 0) is 6.42 Å². The molecule has 0 saturated heterocycles. The number of thiazole rings is 1. The van der Waals surface area contributed by atoms with E-state index in [0.29, 0.717) is 24.6 Å². The third-order valence-electron chi connectivity index (χ3n) is 4.04. The minimum Gasteiger partial charge on any atom is -0.340 e. The molecule has 1 atom stereocenters. The summed E-state index contributed by atoms with van der Waals surface area (Å²) in [5.41, 5.74) is 7.46. The lowest BCUT2D eigenvalue weighted by Crippen LogP contribution is -2.34. The fraction of sp³-hybridized carbons (Fsp3) is 0.444. The second-order valence-electron chi connectivity index (χ2n) is 6.35. The van der Waals surface area contributed by atoms with Crippen LogP contribution in [0.5, 0.6) is 0 Å². The van der Waals surface area contributed by atoms with Crippen LogP contribution in [0.4, 0.5) is 4.39 Å². The van der Waals surface area contributed by atoms with Gasteiger partial charge < -0.3 is 10.6 Å². The predicted molar refractivity (Wildman–Crippen MR) is 95.7 cm³/mol. The van der Waals surface area contributed by atoms with Crippen LogP contribution in [0.25, 0.3) is 0 Å². The SMILES string of the molecule is CC(C)C(N)CCN(C)C(=O)c1csc(Cc2ccc(F)cc2)n1. The average molecular weight is 349 g/mol. The summed E-state index contributed by atoms with van der Waals surface area (Å²) in [7, 11) is 1.77. The zero-order valence-electron chi connectivity index (χ0n) is 14.3. The average Bonchev–Trinajstić information content (AvgIpc) is 3.02. The molecule has 1 amide bonds. The first kappa shape index (κ1) is 18.5. The van der Waals surface area contributed by atoms with E-state index in [1.54, 1.807) is 29.5 Å². The Kier molecular flexibility index (Phi) is 6.45. The Morgan fingerprint density at radius 1 is 1.33 bits per heavy atom. The second-order valence-corrected chi connectivity index (χ2v) is 7.30. The van der Waals surface area contributed by atoms with E-state index in [2.05, 4.69) is 18.8 Å². The summed E-state index contributed by atoms with van der Waals surface area (Å²) in [6, 6.07) is 6.42. The Hall–Kier alpha value is -1.79. The first-order chi connectivity index (χ1) is 11.4. The van der Waals surface area contributed by atoms with Crippen molar-refractivity contribution in [1.82, 2.24) is 9.88 Å². The van der Waals surface area contributed by atoms with Gasteiger partial charge in [0.1, 0.15) is 11.5 Å². The standard InChI is InChI=1S/C18H24FN3OS/c1-12(2)15(20)8-9-22(3)18(23)16-11-24-17(21-16)10-13-4-6-14(19)7-5-13/h4-7,11-12,15H,8-10,20H2,1-3H3. The lowest BCUT2D eigenvalue weighted by Gasteiger charge is -2.20. The van der Waals surface area contributed by atoms with Gasteiger partial charge in [0.2, 0.25) is 0 Å². The molecular weight excluding hydrogens is 325 g/mol. The molecule has 0 aliphatic carbocycles. The maximum atomic E-state index is 12.9. The molecule has 0 aliphatic rings. The lowest BCUT2D eigenvalue weighted by atomic mass is 10.0. The van der Waals surface area contributed by atoms with Gasteiger partial charge in [-0.05, 0) is 30.0 Å². The van der Waals surface area contributed by atoms with E-state index in [-0.39, 0.29) is 17.8 Å². The molecule has 0 radical (unpaired) electrons. The molecule has 130 valence electrons. The predicted octanol–water partition coefficient (Wildman–Crippen LogP) is 3.32. The molecule has 0 fully saturated rings. The fourth-order valence-electron chi connectivity index (χ4n) is 2.24. The monoisotopic (exact) mass is 349 g/mol. The number of nitrogens with zero attached hydrogens (tertiary/aromatic N) is 2. The zero-order chi connectivity index (χ0) is 17.7. The quantitative estimate of drug-likeness (QED) is 0.834. The Bertz CT molecular complexity index is 669. The van der Waals surface area contributed by atoms with Crippen molar-refractivity contribution in [3.05, 3.63) is 51.7 Å². The number of rotatable bonds is 7. The van der Waals surface area contributed by atoms with E-state index in [4.69, 9.17) is 5.73 Å². The molecule has 24 heavy (non-hydrogen) atoms. The largest absolute Gasteiger partial charge is 0.340 e. The lowest BCUT2D eigenvalue weighted by molar-refractivity contribution is 0.0784. The Morgan fingerprint density at radius 2 is 2.00 bits per heavy atom. The molecule has 1 aromatic heterocycles. The van der Waals surface area contributed by atoms with Crippen molar-refractivity contribution in [3.8, 4) is 0 Å². The number of hydrogen-bond acceptors (Lipinski definition) is 4. The highest BCUT2D eigenvalue weighted by Crippen LogP contribution is 2.16. The van der Waals surface area contributed by atoms with Gasteiger partial charge in [-0.3, -0.25) is 4.79 Å².